The minimum Gasteiger partial charge on any atom is -0.495 e. The normalized spacial score (nSPS) is 15.8. The highest BCUT2D eigenvalue weighted by atomic mass is 35.5. The van der Waals surface area contributed by atoms with Crippen molar-refractivity contribution in [1.29, 1.82) is 0 Å². The second-order valence-electron chi connectivity index (χ2n) is 13.1. The highest BCUT2D eigenvalue weighted by Gasteiger charge is 2.29. The molecule has 1 fully saturated rings. The van der Waals surface area contributed by atoms with Crippen molar-refractivity contribution in [2.45, 2.75) is 77.9 Å². The van der Waals surface area contributed by atoms with Crippen LogP contribution in [0.5, 0.6) is 11.5 Å². The fourth-order valence-corrected chi connectivity index (χ4v) is 5.38. The van der Waals surface area contributed by atoms with Gasteiger partial charge >= 0.3 is 12.2 Å². The fraction of sp³-hybridized carbons (Fsp3) is 0.529. The van der Waals surface area contributed by atoms with E-state index in [1.54, 1.807) is 21.9 Å². The monoisotopic (exact) mass is 684 g/mol. The van der Waals surface area contributed by atoms with E-state index in [0.717, 1.165) is 24.0 Å². The maximum absolute atomic E-state index is 13.9. The molecule has 254 valence electrons. The van der Waals surface area contributed by atoms with Crippen LogP contribution in [-0.2, 0) is 9.47 Å². The van der Waals surface area contributed by atoms with Gasteiger partial charge in [-0.3, -0.25) is 0 Å². The highest BCUT2D eigenvalue weighted by molar-refractivity contribution is 6.32. The van der Waals surface area contributed by atoms with Gasteiger partial charge in [0, 0.05) is 26.2 Å². The molecule has 2 heterocycles. The molecular weight excluding hydrogens is 641 g/mol. The lowest BCUT2D eigenvalue weighted by Crippen LogP contribution is -2.41. The molecule has 0 radical (unpaired) electrons. The summed E-state index contributed by atoms with van der Waals surface area (Å²) >= 11 is 11.7. The van der Waals surface area contributed by atoms with Gasteiger partial charge in [-0.2, -0.15) is 0 Å². The third-order valence-corrected chi connectivity index (χ3v) is 8.04. The van der Waals surface area contributed by atoms with E-state index in [-0.39, 0.29) is 28.1 Å². The van der Waals surface area contributed by atoms with Crippen molar-refractivity contribution in [3.63, 3.8) is 0 Å². The number of hydrogen-bond acceptors (Lipinski definition) is 6. The number of amides is 2. The second kappa shape index (κ2) is 15.6. The first-order valence-corrected chi connectivity index (χ1v) is 15.9. The molecule has 0 bridgehead atoms. The Morgan fingerprint density at radius 3 is 1.74 bits per heavy atom. The summed E-state index contributed by atoms with van der Waals surface area (Å²) < 4.78 is 48.7. The summed E-state index contributed by atoms with van der Waals surface area (Å²) in [6.07, 6.45) is 3.38. The van der Waals surface area contributed by atoms with Crippen molar-refractivity contribution in [1.82, 2.24) is 9.80 Å². The first-order chi connectivity index (χ1) is 21.4. The Kier molecular flexibility index (Phi) is 12.6. The summed E-state index contributed by atoms with van der Waals surface area (Å²) in [5.74, 6) is -0.171. The van der Waals surface area contributed by atoms with Crippen molar-refractivity contribution in [2.24, 2.45) is 0 Å². The number of nitrogens with zero attached hydrogens (tertiary/aromatic N) is 2. The lowest BCUT2D eigenvalue weighted by molar-refractivity contribution is 0.0203. The van der Waals surface area contributed by atoms with Crippen LogP contribution in [0.4, 0.5) is 18.4 Å². The Morgan fingerprint density at radius 1 is 0.761 bits per heavy atom. The van der Waals surface area contributed by atoms with E-state index in [1.165, 1.54) is 26.4 Å². The molecule has 0 spiro atoms. The van der Waals surface area contributed by atoms with Gasteiger partial charge in [0.1, 0.15) is 44.4 Å². The van der Waals surface area contributed by atoms with E-state index in [0.29, 0.717) is 49.7 Å². The van der Waals surface area contributed by atoms with Crippen molar-refractivity contribution in [2.75, 3.05) is 40.4 Å². The van der Waals surface area contributed by atoms with Gasteiger partial charge in [-0.1, -0.05) is 29.3 Å². The van der Waals surface area contributed by atoms with Crippen LogP contribution in [0.3, 0.4) is 0 Å². The van der Waals surface area contributed by atoms with E-state index in [1.807, 2.05) is 47.6 Å². The molecule has 0 atom stereocenters. The number of methoxy groups -OCH3 is 2. The average Bonchev–Trinajstić information content (AvgIpc) is 2.98. The molecule has 0 aliphatic carbocycles. The molecule has 2 aliphatic heterocycles. The molecule has 2 aromatic rings. The van der Waals surface area contributed by atoms with Crippen molar-refractivity contribution >= 4 is 41.0 Å². The van der Waals surface area contributed by atoms with E-state index in [9.17, 15) is 18.4 Å². The average molecular weight is 686 g/mol. The van der Waals surface area contributed by atoms with Crippen LogP contribution in [0, 0.1) is 11.6 Å². The topological polar surface area (TPSA) is 77.5 Å². The molecule has 2 aliphatic rings. The lowest BCUT2D eigenvalue weighted by Gasteiger charge is -2.33. The molecule has 2 aromatic carbocycles. The number of likely N-dealkylation sites (tertiary alicyclic amines) is 1. The number of rotatable bonds is 4. The SMILES string of the molecule is COc1cc(C2=CCN(C(=O)OC(C)(C)C)CC2)cc(F)c1Cl.COc1cc(C2CCN(C(=O)OC(C)(C)C)CC2)cc(F)c1Cl. The van der Waals surface area contributed by atoms with Crippen molar-refractivity contribution in [3.05, 3.63) is 63.1 Å². The number of piperidine rings is 1. The zero-order valence-corrected chi connectivity index (χ0v) is 29.3. The van der Waals surface area contributed by atoms with Crippen LogP contribution < -0.4 is 9.47 Å². The Hall–Kier alpha value is -3.24. The molecule has 0 aromatic heterocycles. The zero-order chi connectivity index (χ0) is 34.4. The van der Waals surface area contributed by atoms with Gasteiger partial charge < -0.3 is 28.7 Å². The molecule has 0 N–H and O–H groups in total. The van der Waals surface area contributed by atoms with Crippen molar-refractivity contribution in [3.8, 4) is 11.5 Å². The van der Waals surface area contributed by atoms with Gasteiger partial charge in [-0.15, -0.1) is 0 Å². The first kappa shape index (κ1) is 37.2. The smallest absolute Gasteiger partial charge is 0.410 e. The number of ether oxygens (including phenoxy) is 4. The maximum Gasteiger partial charge on any atom is 0.410 e. The lowest BCUT2D eigenvalue weighted by atomic mass is 9.89. The van der Waals surface area contributed by atoms with Crippen LogP contribution in [0.2, 0.25) is 10.0 Å². The Morgan fingerprint density at radius 2 is 1.26 bits per heavy atom. The summed E-state index contributed by atoms with van der Waals surface area (Å²) in [5.41, 5.74) is 1.51. The van der Waals surface area contributed by atoms with Gasteiger partial charge in [0.2, 0.25) is 0 Å². The summed E-state index contributed by atoms with van der Waals surface area (Å²) in [5, 5.41) is -0.0227. The summed E-state index contributed by atoms with van der Waals surface area (Å²) in [4.78, 5) is 27.4. The van der Waals surface area contributed by atoms with E-state index in [2.05, 4.69) is 0 Å². The first-order valence-electron chi connectivity index (χ1n) is 15.1. The highest BCUT2D eigenvalue weighted by Crippen LogP contribution is 2.36. The van der Waals surface area contributed by atoms with Crippen LogP contribution in [-0.4, -0.2) is 73.6 Å². The van der Waals surface area contributed by atoms with Gasteiger partial charge in [-0.05, 0) is 108 Å². The summed E-state index contributed by atoms with van der Waals surface area (Å²) in [6.45, 7) is 13.2. The van der Waals surface area contributed by atoms with E-state index >= 15 is 0 Å². The second-order valence-corrected chi connectivity index (χ2v) is 13.9. The summed E-state index contributed by atoms with van der Waals surface area (Å²) in [7, 11) is 2.92. The zero-order valence-electron chi connectivity index (χ0n) is 27.8. The predicted molar refractivity (Wildman–Crippen MR) is 176 cm³/mol. The van der Waals surface area contributed by atoms with Crippen LogP contribution >= 0.6 is 23.2 Å². The molecule has 0 saturated carbocycles. The Balaban J connectivity index is 0.000000250. The predicted octanol–water partition coefficient (Wildman–Crippen LogP) is 9.11. The van der Waals surface area contributed by atoms with Gasteiger partial charge in [0.25, 0.3) is 0 Å². The number of carbonyl (C=O) groups is 2. The standard InChI is InChI=1S/C17H23ClFNO3.C17H21ClFNO3/c2*1-17(2,3)23-16(21)20-7-5-11(6-8-20)12-9-13(19)15(18)14(10-12)22-4/h9-11H,5-8H2,1-4H3;5,9-10H,6-8H2,1-4H3. The Labute approximate surface area is 280 Å². The largest absolute Gasteiger partial charge is 0.495 e. The summed E-state index contributed by atoms with van der Waals surface area (Å²) in [6, 6.07) is 6.33. The molecule has 1 saturated heterocycles. The molecule has 0 unspecified atom stereocenters. The molecule has 8 nitrogen and oxygen atoms in total. The number of carbonyl (C=O) groups excluding carboxylic acids is 2. The number of benzene rings is 2. The molecule has 4 rings (SSSR count). The van der Waals surface area contributed by atoms with Crippen LogP contribution in [0.25, 0.3) is 5.57 Å². The third kappa shape index (κ3) is 10.4. The minimum atomic E-state index is -0.520. The molecule has 2 amide bonds. The molecule has 12 heteroatoms. The minimum absolute atomic E-state index is 0.00226. The van der Waals surface area contributed by atoms with E-state index in [4.69, 9.17) is 42.1 Å². The number of hydrogen-bond donors (Lipinski definition) is 0. The van der Waals surface area contributed by atoms with Gasteiger partial charge in [0.15, 0.2) is 0 Å². The van der Waals surface area contributed by atoms with Crippen LogP contribution in [0.1, 0.15) is 77.8 Å². The molecule has 46 heavy (non-hydrogen) atoms. The maximum atomic E-state index is 13.9. The number of halogens is 4. The van der Waals surface area contributed by atoms with Crippen molar-refractivity contribution < 1.29 is 37.3 Å². The Bertz CT molecular complexity index is 1430. The third-order valence-electron chi connectivity index (χ3n) is 7.30. The fourth-order valence-electron chi connectivity index (χ4n) is 5.01. The van der Waals surface area contributed by atoms with Crippen LogP contribution in [0.15, 0.2) is 30.3 Å². The quantitative estimate of drug-likeness (QED) is 0.320. The molecular formula is C34H44Cl2F2N2O6. The van der Waals surface area contributed by atoms with Gasteiger partial charge in [-0.25, -0.2) is 18.4 Å². The van der Waals surface area contributed by atoms with E-state index < -0.39 is 22.8 Å². The van der Waals surface area contributed by atoms with Gasteiger partial charge in [0.05, 0.1) is 14.2 Å².